The number of aromatic nitrogens is 2. The number of aryl methyl sites for hydroxylation is 2. The molecule has 1 aliphatic rings. The topological polar surface area (TPSA) is 86.9 Å². The van der Waals surface area contributed by atoms with Crippen LogP contribution in [0.25, 0.3) is 22.5 Å². The van der Waals surface area contributed by atoms with Crippen molar-refractivity contribution >= 4 is 11.8 Å². The Bertz CT molecular complexity index is 1100. The molecule has 0 aliphatic carbocycles. The summed E-state index contributed by atoms with van der Waals surface area (Å²) in [7, 11) is 0. The number of carbonyl (C=O) groups is 2. The van der Waals surface area contributed by atoms with Crippen LogP contribution in [0.1, 0.15) is 24.0 Å². The van der Waals surface area contributed by atoms with Gasteiger partial charge in [0, 0.05) is 24.9 Å². The van der Waals surface area contributed by atoms with Gasteiger partial charge in [-0.05, 0) is 72.9 Å². The minimum absolute atomic E-state index is 0.157. The fourth-order valence-electron chi connectivity index (χ4n) is 3.80. The van der Waals surface area contributed by atoms with Crippen LogP contribution >= 0.6 is 0 Å². The molecule has 2 amide bonds. The van der Waals surface area contributed by atoms with E-state index in [2.05, 4.69) is 20.6 Å². The average molecular weight is 424 g/mol. The number of pyridine rings is 1. The molecule has 3 heterocycles. The van der Waals surface area contributed by atoms with Crippen molar-refractivity contribution in [2.24, 2.45) is 0 Å². The largest absolute Gasteiger partial charge is 0.354 e. The van der Waals surface area contributed by atoms with Crippen LogP contribution in [0.5, 0.6) is 0 Å². The third kappa shape index (κ3) is 4.47. The molecule has 1 aliphatic heterocycles. The molecule has 1 saturated heterocycles. The van der Waals surface area contributed by atoms with Crippen LogP contribution in [0.4, 0.5) is 8.78 Å². The number of hydrogen-bond acceptors (Lipinski definition) is 3. The van der Waals surface area contributed by atoms with Crippen LogP contribution in [0.2, 0.25) is 0 Å². The van der Waals surface area contributed by atoms with Gasteiger partial charge in [0.05, 0.1) is 11.3 Å². The minimum Gasteiger partial charge on any atom is -0.354 e. The first kappa shape index (κ1) is 20.7. The minimum atomic E-state index is -0.594. The van der Waals surface area contributed by atoms with Gasteiger partial charge in [0.2, 0.25) is 17.8 Å². The van der Waals surface area contributed by atoms with Crippen molar-refractivity contribution in [3.05, 3.63) is 65.5 Å². The van der Waals surface area contributed by atoms with E-state index in [1.54, 1.807) is 31.2 Å². The Labute approximate surface area is 178 Å². The van der Waals surface area contributed by atoms with Crippen molar-refractivity contribution in [1.29, 1.82) is 0 Å². The monoisotopic (exact) mass is 424 g/mol. The van der Waals surface area contributed by atoms with E-state index in [9.17, 15) is 18.4 Å². The number of benzene rings is 1. The molecule has 0 radical (unpaired) electrons. The summed E-state index contributed by atoms with van der Waals surface area (Å²) >= 11 is 0. The lowest BCUT2D eigenvalue weighted by molar-refractivity contribution is -0.127. The molecule has 3 N–H and O–H groups in total. The van der Waals surface area contributed by atoms with E-state index in [0.29, 0.717) is 36.3 Å². The van der Waals surface area contributed by atoms with Gasteiger partial charge in [0.15, 0.2) is 0 Å². The first-order valence-electron chi connectivity index (χ1n) is 10.1. The van der Waals surface area contributed by atoms with Crippen molar-refractivity contribution in [3.8, 4) is 22.5 Å². The highest BCUT2D eigenvalue weighted by Gasteiger charge is 2.25. The van der Waals surface area contributed by atoms with Crippen molar-refractivity contribution in [2.45, 2.75) is 32.2 Å². The van der Waals surface area contributed by atoms with Crippen molar-refractivity contribution in [1.82, 2.24) is 20.6 Å². The third-order valence-electron chi connectivity index (χ3n) is 5.42. The van der Waals surface area contributed by atoms with E-state index in [1.165, 1.54) is 18.3 Å². The lowest BCUT2D eigenvalue weighted by Gasteiger charge is -2.10. The molecule has 1 aromatic carbocycles. The Hall–Kier alpha value is -3.55. The van der Waals surface area contributed by atoms with Crippen LogP contribution in [-0.2, 0) is 16.0 Å². The first-order chi connectivity index (χ1) is 14.9. The third-order valence-corrected chi connectivity index (χ3v) is 5.42. The number of nitrogens with zero attached hydrogens (tertiary/aromatic N) is 1. The molecule has 0 bridgehead atoms. The van der Waals surface area contributed by atoms with Crippen LogP contribution in [0, 0.1) is 18.7 Å². The fourth-order valence-corrected chi connectivity index (χ4v) is 3.80. The zero-order valence-electron chi connectivity index (χ0n) is 17.0. The Morgan fingerprint density at radius 1 is 1.23 bits per heavy atom. The van der Waals surface area contributed by atoms with Gasteiger partial charge in [0.25, 0.3) is 0 Å². The maximum absolute atomic E-state index is 14.4. The van der Waals surface area contributed by atoms with E-state index >= 15 is 0 Å². The Kier molecular flexibility index (Phi) is 5.79. The number of rotatable bonds is 6. The molecule has 4 rings (SSSR count). The summed E-state index contributed by atoms with van der Waals surface area (Å²) < 4.78 is 27.8. The predicted octanol–water partition coefficient (Wildman–Crippen LogP) is 3.27. The average Bonchev–Trinajstić information content (AvgIpc) is 3.33. The van der Waals surface area contributed by atoms with Crippen LogP contribution in [0.15, 0.2) is 42.6 Å². The molecule has 1 unspecified atom stereocenters. The summed E-state index contributed by atoms with van der Waals surface area (Å²) in [5.41, 5.74) is 3.80. The summed E-state index contributed by atoms with van der Waals surface area (Å²) in [4.78, 5) is 31.0. The molecule has 0 saturated carbocycles. The molecule has 3 aromatic rings. The Morgan fingerprint density at radius 3 is 2.68 bits per heavy atom. The van der Waals surface area contributed by atoms with E-state index in [-0.39, 0.29) is 24.1 Å². The standard InChI is InChI=1S/C23H22F2N4O2/c1-13-8-10-26-22(25)20(13)18-12-15(21(29-18)14-2-5-16(24)6-3-14)4-7-19(30)28-17-9-11-27-23(17)31/h2-3,5-6,8,10,12,17,29H,4,7,9,11H2,1H3,(H,27,31)(H,28,30). The van der Waals surface area contributed by atoms with E-state index < -0.39 is 12.0 Å². The number of aromatic amines is 1. The number of H-pyrrole nitrogens is 1. The van der Waals surface area contributed by atoms with Gasteiger partial charge in [-0.25, -0.2) is 9.37 Å². The van der Waals surface area contributed by atoms with Gasteiger partial charge in [-0.1, -0.05) is 0 Å². The van der Waals surface area contributed by atoms with Gasteiger partial charge in [0.1, 0.15) is 11.9 Å². The second-order valence-corrected chi connectivity index (χ2v) is 7.58. The van der Waals surface area contributed by atoms with Gasteiger partial charge in [-0.15, -0.1) is 0 Å². The molecule has 31 heavy (non-hydrogen) atoms. The molecule has 0 spiro atoms. The lowest BCUT2D eigenvalue weighted by Crippen LogP contribution is -2.40. The highest BCUT2D eigenvalue weighted by atomic mass is 19.1. The summed E-state index contributed by atoms with van der Waals surface area (Å²) in [6, 6.07) is 8.96. The summed E-state index contributed by atoms with van der Waals surface area (Å²) in [6.07, 6.45) is 2.50. The second-order valence-electron chi connectivity index (χ2n) is 7.58. The summed E-state index contributed by atoms with van der Waals surface area (Å²) in [5.74, 6) is -1.37. The predicted molar refractivity (Wildman–Crippen MR) is 112 cm³/mol. The molecular weight excluding hydrogens is 402 g/mol. The Balaban J connectivity index is 1.62. The maximum atomic E-state index is 14.4. The molecule has 1 fully saturated rings. The Morgan fingerprint density at radius 2 is 2.00 bits per heavy atom. The van der Waals surface area contributed by atoms with Gasteiger partial charge in [-0.3, -0.25) is 9.59 Å². The number of amides is 2. The SMILES string of the molecule is Cc1ccnc(F)c1-c1cc(CCC(=O)NC2CCNC2=O)c(-c2ccc(F)cc2)[nH]1. The van der Waals surface area contributed by atoms with E-state index in [1.807, 2.05) is 0 Å². The zero-order chi connectivity index (χ0) is 22.0. The summed E-state index contributed by atoms with van der Waals surface area (Å²) in [5, 5.41) is 5.43. The maximum Gasteiger partial charge on any atom is 0.242 e. The smallest absolute Gasteiger partial charge is 0.242 e. The van der Waals surface area contributed by atoms with Crippen LogP contribution in [0.3, 0.4) is 0 Å². The first-order valence-corrected chi connectivity index (χ1v) is 10.1. The molecular formula is C23H22F2N4O2. The normalized spacial score (nSPS) is 15.7. The van der Waals surface area contributed by atoms with Crippen molar-refractivity contribution in [3.63, 3.8) is 0 Å². The second kappa shape index (κ2) is 8.67. The van der Waals surface area contributed by atoms with Gasteiger partial charge < -0.3 is 15.6 Å². The number of hydrogen-bond donors (Lipinski definition) is 3. The van der Waals surface area contributed by atoms with Gasteiger partial charge >= 0.3 is 0 Å². The molecule has 2 aromatic heterocycles. The molecule has 8 heteroatoms. The molecule has 160 valence electrons. The molecule has 6 nitrogen and oxygen atoms in total. The number of carbonyl (C=O) groups excluding carboxylic acids is 2. The quantitative estimate of drug-likeness (QED) is 0.531. The number of nitrogens with one attached hydrogen (secondary N) is 3. The fraction of sp³-hybridized carbons (Fsp3) is 0.261. The molecule has 1 atom stereocenters. The lowest BCUT2D eigenvalue weighted by atomic mass is 10.0. The van der Waals surface area contributed by atoms with Crippen molar-refractivity contribution in [2.75, 3.05) is 6.54 Å². The van der Waals surface area contributed by atoms with E-state index in [0.717, 1.165) is 16.7 Å². The highest BCUT2D eigenvalue weighted by molar-refractivity contribution is 5.89. The van der Waals surface area contributed by atoms with Gasteiger partial charge in [-0.2, -0.15) is 4.39 Å². The van der Waals surface area contributed by atoms with E-state index in [4.69, 9.17) is 0 Å². The summed E-state index contributed by atoms with van der Waals surface area (Å²) in [6.45, 7) is 2.34. The zero-order valence-corrected chi connectivity index (χ0v) is 17.0. The highest BCUT2D eigenvalue weighted by Crippen LogP contribution is 2.32. The van der Waals surface area contributed by atoms with Crippen LogP contribution in [-0.4, -0.2) is 34.4 Å². The number of halogens is 2. The van der Waals surface area contributed by atoms with Crippen LogP contribution < -0.4 is 10.6 Å². The van der Waals surface area contributed by atoms with Crippen molar-refractivity contribution < 1.29 is 18.4 Å².